The molecule has 0 radical (unpaired) electrons. The molecule has 0 aliphatic heterocycles. The highest BCUT2D eigenvalue weighted by Gasteiger charge is 2.22. The van der Waals surface area contributed by atoms with E-state index in [0.29, 0.717) is 16.9 Å². The Morgan fingerprint density at radius 2 is 1.67 bits per heavy atom. The Morgan fingerprint density at radius 1 is 0.909 bits per heavy atom. The molecule has 1 saturated carbocycles. The van der Waals surface area contributed by atoms with E-state index < -0.39 is 0 Å². The number of anilines is 1. The Labute approximate surface area is 196 Å². The lowest BCUT2D eigenvalue weighted by atomic mass is 10.1. The minimum absolute atomic E-state index is 0.159. The molecule has 5 rings (SSSR count). The summed E-state index contributed by atoms with van der Waals surface area (Å²) < 4.78 is 1.64. The molecule has 33 heavy (non-hydrogen) atoms. The molecule has 0 atom stereocenters. The van der Waals surface area contributed by atoms with Crippen molar-refractivity contribution in [2.24, 2.45) is 0 Å². The molecule has 0 spiro atoms. The van der Waals surface area contributed by atoms with Gasteiger partial charge in [-0.05, 0) is 54.6 Å². The second kappa shape index (κ2) is 9.42. The van der Waals surface area contributed by atoms with Crippen LogP contribution >= 0.6 is 11.3 Å². The van der Waals surface area contributed by atoms with Crippen molar-refractivity contribution in [3.63, 3.8) is 0 Å². The number of carbonyl (C=O) groups excluding carboxylic acids is 2. The fraction of sp³-hybridized carbons (Fsp3) is 0.192. The zero-order chi connectivity index (χ0) is 22.6. The molecule has 1 fully saturated rings. The molecule has 2 N–H and O–H groups in total. The van der Waals surface area contributed by atoms with Crippen LogP contribution in [0.1, 0.15) is 46.5 Å². The van der Waals surface area contributed by atoms with E-state index in [9.17, 15) is 9.59 Å². The average molecular weight is 457 g/mol. The lowest BCUT2D eigenvalue weighted by Crippen LogP contribution is -2.33. The maximum Gasteiger partial charge on any atom is 0.274 e. The van der Waals surface area contributed by atoms with Crippen molar-refractivity contribution < 1.29 is 9.59 Å². The first-order chi connectivity index (χ1) is 16.2. The molecule has 2 amide bonds. The van der Waals surface area contributed by atoms with Crippen LogP contribution in [0.4, 0.5) is 5.69 Å². The van der Waals surface area contributed by atoms with E-state index in [0.717, 1.165) is 41.9 Å². The number of benzene rings is 2. The van der Waals surface area contributed by atoms with Crippen molar-refractivity contribution in [2.45, 2.75) is 31.7 Å². The number of thiophene rings is 1. The summed E-state index contributed by atoms with van der Waals surface area (Å²) in [6, 6.07) is 22.6. The molecule has 4 aromatic rings. The standard InChI is InChI=1S/C26H24N4O2S/c31-25(27-18-9-4-5-10-18)20-13-6-7-14-21(20)28-26(32)23-17-22(24-15-8-16-33-24)29-30(23)19-11-2-1-3-12-19/h1-3,6-8,11-18H,4-5,9-10H2,(H,27,31)(H,28,32). The molecular weight excluding hydrogens is 432 g/mol. The maximum atomic E-state index is 13.4. The van der Waals surface area contributed by atoms with E-state index in [-0.39, 0.29) is 17.9 Å². The maximum absolute atomic E-state index is 13.4. The van der Waals surface area contributed by atoms with Gasteiger partial charge in [-0.2, -0.15) is 5.10 Å². The van der Waals surface area contributed by atoms with Gasteiger partial charge in [0.05, 0.1) is 21.8 Å². The van der Waals surface area contributed by atoms with Crippen molar-refractivity contribution in [2.75, 3.05) is 5.32 Å². The fourth-order valence-corrected chi connectivity index (χ4v) is 4.84. The summed E-state index contributed by atoms with van der Waals surface area (Å²) in [4.78, 5) is 27.3. The normalized spacial score (nSPS) is 13.7. The third-order valence-corrected chi connectivity index (χ3v) is 6.72. The summed E-state index contributed by atoms with van der Waals surface area (Å²) in [5.74, 6) is -0.482. The van der Waals surface area contributed by atoms with Gasteiger partial charge in [-0.3, -0.25) is 9.59 Å². The molecule has 0 saturated heterocycles. The fourth-order valence-electron chi connectivity index (χ4n) is 4.16. The summed E-state index contributed by atoms with van der Waals surface area (Å²) in [6.07, 6.45) is 4.28. The molecule has 2 heterocycles. The first-order valence-corrected chi connectivity index (χ1v) is 12.0. The zero-order valence-electron chi connectivity index (χ0n) is 18.0. The Balaban J connectivity index is 1.45. The number of hydrogen-bond acceptors (Lipinski definition) is 4. The van der Waals surface area contributed by atoms with Crippen LogP contribution in [0.3, 0.4) is 0 Å². The number of nitrogens with zero attached hydrogens (tertiary/aromatic N) is 2. The Bertz CT molecular complexity index is 1260. The quantitative estimate of drug-likeness (QED) is 0.401. The summed E-state index contributed by atoms with van der Waals surface area (Å²) in [7, 11) is 0. The Morgan fingerprint density at radius 3 is 2.42 bits per heavy atom. The van der Waals surface area contributed by atoms with E-state index in [1.807, 2.05) is 60.0 Å². The largest absolute Gasteiger partial charge is 0.349 e. The van der Waals surface area contributed by atoms with Crippen molar-refractivity contribution in [1.82, 2.24) is 15.1 Å². The van der Waals surface area contributed by atoms with E-state index in [1.54, 1.807) is 34.2 Å². The molecule has 1 aliphatic rings. The van der Waals surface area contributed by atoms with Crippen LogP contribution in [-0.4, -0.2) is 27.6 Å². The predicted molar refractivity (Wildman–Crippen MR) is 131 cm³/mol. The molecule has 1 aliphatic carbocycles. The zero-order valence-corrected chi connectivity index (χ0v) is 18.8. The summed E-state index contributed by atoms with van der Waals surface area (Å²) in [5, 5.41) is 12.7. The number of para-hydroxylation sites is 2. The number of hydrogen-bond donors (Lipinski definition) is 2. The van der Waals surface area contributed by atoms with Crippen LogP contribution in [-0.2, 0) is 0 Å². The molecule has 2 aromatic carbocycles. The van der Waals surface area contributed by atoms with Gasteiger partial charge in [0.25, 0.3) is 11.8 Å². The lowest BCUT2D eigenvalue weighted by Gasteiger charge is -2.15. The van der Waals surface area contributed by atoms with Crippen molar-refractivity contribution in [3.8, 4) is 16.3 Å². The van der Waals surface area contributed by atoms with Gasteiger partial charge in [-0.1, -0.05) is 49.2 Å². The monoisotopic (exact) mass is 456 g/mol. The lowest BCUT2D eigenvalue weighted by molar-refractivity contribution is 0.0938. The molecule has 2 aromatic heterocycles. The molecule has 0 bridgehead atoms. The summed E-state index contributed by atoms with van der Waals surface area (Å²) in [6.45, 7) is 0. The van der Waals surface area contributed by atoms with Crippen LogP contribution in [0, 0.1) is 0 Å². The Kier molecular flexibility index (Phi) is 6.04. The van der Waals surface area contributed by atoms with Gasteiger partial charge in [0.2, 0.25) is 0 Å². The SMILES string of the molecule is O=C(NC1CCCC1)c1ccccc1NC(=O)c1cc(-c2cccs2)nn1-c1ccccc1. The van der Waals surface area contributed by atoms with Crippen LogP contribution in [0.15, 0.2) is 78.2 Å². The molecule has 6 nitrogen and oxygen atoms in total. The highest BCUT2D eigenvalue weighted by molar-refractivity contribution is 7.13. The van der Waals surface area contributed by atoms with E-state index >= 15 is 0 Å². The Hall–Kier alpha value is -3.71. The van der Waals surface area contributed by atoms with Crippen LogP contribution in [0.2, 0.25) is 0 Å². The van der Waals surface area contributed by atoms with Gasteiger partial charge in [0.1, 0.15) is 11.4 Å². The van der Waals surface area contributed by atoms with Crippen molar-refractivity contribution in [1.29, 1.82) is 0 Å². The molecule has 0 unspecified atom stereocenters. The average Bonchev–Trinajstić information content (AvgIpc) is 3.61. The smallest absolute Gasteiger partial charge is 0.274 e. The minimum atomic E-state index is -0.324. The predicted octanol–water partition coefficient (Wildman–Crippen LogP) is 5.53. The van der Waals surface area contributed by atoms with Gasteiger partial charge in [-0.25, -0.2) is 4.68 Å². The van der Waals surface area contributed by atoms with E-state index in [4.69, 9.17) is 5.10 Å². The highest BCUT2D eigenvalue weighted by atomic mass is 32.1. The molecule has 7 heteroatoms. The first kappa shape index (κ1) is 21.2. The van der Waals surface area contributed by atoms with Crippen LogP contribution < -0.4 is 10.6 Å². The second-order valence-electron chi connectivity index (χ2n) is 8.09. The first-order valence-electron chi connectivity index (χ1n) is 11.1. The highest BCUT2D eigenvalue weighted by Crippen LogP contribution is 2.27. The van der Waals surface area contributed by atoms with Gasteiger partial charge < -0.3 is 10.6 Å². The third-order valence-electron chi connectivity index (χ3n) is 5.83. The third kappa shape index (κ3) is 4.59. The second-order valence-corrected chi connectivity index (χ2v) is 9.04. The number of nitrogens with one attached hydrogen (secondary N) is 2. The van der Waals surface area contributed by atoms with E-state index in [1.165, 1.54) is 0 Å². The van der Waals surface area contributed by atoms with Crippen LogP contribution in [0.5, 0.6) is 0 Å². The topological polar surface area (TPSA) is 76.0 Å². The summed E-state index contributed by atoms with van der Waals surface area (Å²) in [5.41, 5.74) is 2.86. The number of aromatic nitrogens is 2. The van der Waals surface area contributed by atoms with Gasteiger partial charge in [-0.15, -0.1) is 11.3 Å². The van der Waals surface area contributed by atoms with Gasteiger partial charge in [0, 0.05) is 6.04 Å². The van der Waals surface area contributed by atoms with Gasteiger partial charge in [0.15, 0.2) is 0 Å². The molecular formula is C26H24N4O2S. The minimum Gasteiger partial charge on any atom is -0.349 e. The van der Waals surface area contributed by atoms with Crippen LogP contribution in [0.25, 0.3) is 16.3 Å². The number of carbonyl (C=O) groups is 2. The van der Waals surface area contributed by atoms with E-state index in [2.05, 4.69) is 10.6 Å². The van der Waals surface area contributed by atoms with Gasteiger partial charge >= 0.3 is 0 Å². The number of amides is 2. The number of rotatable bonds is 6. The summed E-state index contributed by atoms with van der Waals surface area (Å²) >= 11 is 1.57. The van der Waals surface area contributed by atoms with Crippen molar-refractivity contribution >= 4 is 28.8 Å². The van der Waals surface area contributed by atoms with Crippen molar-refractivity contribution in [3.05, 3.63) is 89.4 Å². The molecule has 166 valence electrons.